The molecule has 3 rings (SSSR count). The highest BCUT2D eigenvalue weighted by molar-refractivity contribution is 9.10. The fraction of sp³-hybridized carbons (Fsp3) is 0.316. The number of para-hydroxylation sites is 2. The van der Waals surface area contributed by atoms with Crippen LogP contribution in [0.4, 0.5) is 10.5 Å². The molecule has 0 spiro atoms. The van der Waals surface area contributed by atoms with E-state index in [9.17, 15) is 4.79 Å². The van der Waals surface area contributed by atoms with Gasteiger partial charge in [0.1, 0.15) is 11.9 Å². The van der Waals surface area contributed by atoms with E-state index in [0.717, 1.165) is 10.0 Å². The molecule has 132 valence electrons. The van der Waals surface area contributed by atoms with Gasteiger partial charge in [-0.2, -0.15) is 0 Å². The Hall–Kier alpha value is -2.05. The lowest BCUT2D eigenvalue weighted by Gasteiger charge is -2.39. The van der Waals surface area contributed by atoms with Crippen molar-refractivity contribution >= 4 is 27.6 Å². The molecule has 2 atom stereocenters. The molecule has 0 aromatic heterocycles. The molecule has 0 aliphatic carbocycles. The van der Waals surface area contributed by atoms with Gasteiger partial charge >= 0.3 is 6.03 Å². The number of carbonyl (C=O) groups is 1. The van der Waals surface area contributed by atoms with Gasteiger partial charge in [0.05, 0.1) is 25.4 Å². The second kappa shape index (κ2) is 7.89. The molecule has 5 nitrogen and oxygen atoms in total. The Kier molecular flexibility index (Phi) is 5.60. The number of nitrogens with zero attached hydrogens (tertiary/aromatic N) is 1. The number of anilines is 1. The summed E-state index contributed by atoms with van der Waals surface area (Å²) in [5.41, 5.74) is 1.72. The molecule has 0 saturated carbocycles. The van der Waals surface area contributed by atoms with Gasteiger partial charge in [-0.1, -0.05) is 40.2 Å². The zero-order chi connectivity index (χ0) is 17.8. The number of hydrogen-bond acceptors (Lipinski definition) is 3. The van der Waals surface area contributed by atoms with Crippen molar-refractivity contribution in [1.82, 2.24) is 4.90 Å². The van der Waals surface area contributed by atoms with Crippen molar-refractivity contribution in [1.29, 1.82) is 0 Å². The summed E-state index contributed by atoms with van der Waals surface area (Å²) in [7, 11) is 1.59. The number of carbonyl (C=O) groups excluding carboxylic acids is 1. The fourth-order valence-electron chi connectivity index (χ4n) is 3.03. The molecular weight excluding hydrogens is 384 g/mol. The number of ether oxygens (including phenoxy) is 2. The Morgan fingerprint density at radius 3 is 2.68 bits per heavy atom. The summed E-state index contributed by atoms with van der Waals surface area (Å²) in [6.45, 7) is 3.06. The van der Waals surface area contributed by atoms with Crippen molar-refractivity contribution in [2.45, 2.75) is 19.1 Å². The second-order valence-corrected chi connectivity index (χ2v) is 6.82. The highest BCUT2D eigenvalue weighted by Crippen LogP contribution is 2.30. The highest BCUT2D eigenvalue weighted by atomic mass is 79.9. The van der Waals surface area contributed by atoms with Gasteiger partial charge in [-0.3, -0.25) is 0 Å². The lowest BCUT2D eigenvalue weighted by atomic mass is 10.0. The predicted octanol–water partition coefficient (Wildman–Crippen LogP) is 4.45. The van der Waals surface area contributed by atoms with Gasteiger partial charge < -0.3 is 19.7 Å². The number of rotatable bonds is 3. The summed E-state index contributed by atoms with van der Waals surface area (Å²) in [5, 5.41) is 2.94. The summed E-state index contributed by atoms with van der Waals surface area (Å²) in [4.78, 5) is 14.6. The van der Waals surface area contributed by atoms with Crippen molar-refractivity contribution in [3.63, 3.8) is 0 Å². The van der Waals surface area contributed by atoms with Crippen LogP contribution in [0.2, 0.25) is 0 Å². The van der Waals surface area contributed by atoms with Gasteiger partial charge in [-0.25, -0.2) is 4.79 Å². The van der Waals surface area contributed by atoms with Crippen LogP contribution >= 0.6 is 15.9 Å². The molecule has 1 heterocycles. The molecule has 1 saturated heterocycles. The third kappa shape index (κ3) is 3.96. The van der Waals surface area contributed by atoms with Crippen molar-refractivity contribution in [3.05, 3.63) is 58.6 Å². The molecule has 0 radical (unpaired) electrons. The smallest absolute Gasteiger partial charge is 0.322 e. The summed E-state index contributed by atoms with van der Waals surface area (Å²) in [6.07, 6.45) is -0.148. The standard InChI is InChI=1S/C19H21BrN2O3/c1-13-18(14-7-9-15(20)10-8-14)25-12-11-22(13)19(23)21-16-5-3-4-6-17(16)24-2/h3-10,13,18H,11-12H2,1-2H3,(H,21,23)/t13-,18-/m0/s1. The van der Waals surface area contributed by atoms with E-state index in [1.165, 1.54) is 0 Å². The van der Waals surface area contributed by atoms with E-state index in [4.69, 9.17) is 9.47 Å². The van der Waals surface area contributed by atoms with Crippen LogP contribution in [0.25, 0.3) is 0 Å². The largest absolute Gasteiger partial charge is 0.495 e. The molecule has 0 unspecified atom stereocenters. The molecule has 1 fully saturated rings. The van der Waals surface area contributed by atoms with Gasteiger partial charge in [0.2, 0.25) is 0 Å². The number of benzene rings is 2. The molecule has 1 aliphatic rings. The number of nitrogens with one attached hydrogen (secondary N) is 1. The van der Waals surface area contributed by atoms with Gasteiger partial charge in [-0.05, 0) is 36.8 Å². The number of hydrogen-bond donors (Lipinski definition) is 1. The van der Waals surface area contributed by atoms with Crippen LogP contribution < -0.4 is 10.1 Å². The van der Waals surface area contributed by atoms with Crippen molar-refractivity contribution in [2.75, 3.05) is 25.6 Å². The van der Waals surface area contributed by atoms with Crippen LogP contribution in [0.15, 0.2) is 53.0 Å². The summed E-state index contributed by atoms with van der Waals surface area (Å²) < 4.78 is 12.2. The minimum atomic E-state index is -0.151. The van der Waals surface area contributed by atoms with Gasteiger partial charge in [0, 0.05) is 11.0 Å². The number of methoxy groups -OCH3 is 1. The molecule has 1 N–H and O–H groups in total. The molecule has 2 amide bonds. The Bertz CT molecular complexity index is 736. The molecule has 0 bridgehead atoms. The number of urea groups is 1. The Labute approximate surface area is 156 Å². The van der Waals surface area contributed by atoms with E-state index in [2.05, 4.69) is 21.2 Å². The van der Waals surface area contributed by atoms with Crippen LogP contribution in [0.3, 0.4) is 0 Å². The molecule has 2 aromatic carbocycles. The lowest BCUT2D eigenvalue weighted by Crippen LogP contribution is -2.50. The van der Waals surface area contributed by atoms with Crippen LogP contribution in [0.5, 0.6) is 5.75 Å². The first-order valence-electron chi connectivity index (χ1n) is 8.18. The highest BCUT2D eigenvalue weighted by Gasteiger charge is 2.33. The molecular formula is C19H21BrN2O3. The lowest BCUT2D eigenvalue weighted by molar-refractivity contribution is -0.0478. The van der Waals surface area contributed by atoms with E-state index < -0.39 is 0 Å². The van der Waals surface area contributed by atoms with Crippen molar-refractivity contribution in [3.8, 4) is 5.75 Å². The average Bonchev–Trinajstić information content (AvgIpc) is 2.63. The van der Waals surface area contributed by atoms with E-state index in [1.54, 1.807) is 7.11 Å². The monoisotopic (exact) mass is 404 g/mol. The minimum Gasteiger partial charge on any atom is -0.495 e. The first-order valence-corrected chi connectivity index (χ1v) is 8.97. The zero-order valence-electron chi connectivity index (χ0n) is 14.2. The topological polar surface area (TPSA) is 50.8 Å². The number of morpholine rings is 1. The maximum atomic E-state index is 12.8. The van der Waals surface area contributed by atoms with Gasteiger partial charge in [0.25, 0.3) is 0 Å². The first kappa shape index (κ1) is 17.8. The van der Waals surface area contributed by atoms with E-state index in [-0.39, 0.29) is 18.2 Å². The molecule has 2 aromatic rings. The summed E-state index contributed by atoms with van der Waals surface area (Å²) in [6, 6.07) is 15.2. The third-order valence-electron chi connectivity index (χ3n) is 4.37. The van der Waals surface area contributed by atoms with Crippen LogP contribution in [-0.4, -0.2) is 37.2 Å². The van der Waals surface area contributed by atoms with E-state index in [0.29, 0.717) is 24.6 Å². The molecule has 6 heteroatoms. The SMILES string of the molecule is COc1ccccc1NC(=O)N1CCO[C@H](c2ccc(Br)cc2)[C@@H]1C. The van der Waals surface area contributed by atoms with E-state index >= 15 is 0 Å². The average molecular weight is 405 g/mol. The Morgan fingerprint density at radius 1 is 1.24 bits per heavy atom. The zero-order valence-corrected chi connectivity index (χ0v) is 15.8. The third-order valence-corrected chi connectivity index (χ3v) is 4.90. The Morgan fingerprint density at radius 2 is 1.96 bits per heavy atom. The van der Waals surface area contributed by atoms with Crippen LogP contribution in [0, 0.1) is 0 Å². The minimum absolute atomic E-state index is 0.0790. The molecule has 25 heavy (non-hydrogen) atoms. The first-order chi connectivity index (χ1) is 12.1. The van der Waals surface area contributed by atoms with E-state index in [1.807, 2.05) is 60.4 Å². The normalized spacial score (nSPS) is 20.2. The van der Waals surface area contributed by atoms with Crippen LogP contribution in [0.1, 0.15) is 18.6 Å². The van der Waals surface area contributed by atoms with Gasteiger partial charge in [-0.15, -0.1) is 0 Å². The maximum absolute atomic E-state index is 12.8. The van der Waals surface area contributed by atoms with Crippen LogP contribution in [-0.2, 0) is 4.74 Å². The quantitative estimate of drug-likeness (QED) is 0.821. The molecule has 1 aliphatic heterocycles. The second-order valence-electron chi connectivity index (χ2n) is 5.91. The van der Waals surface area contributed by atoms with Crippen molar-refractivity contribution < 1.29 is 14.3 Å². The van der Waals surface area contributed by atoms with Crippen molar-refractivity contribution in [2.24, 2.45) is 0 Å². The number of halogens is 1. The fourth-order valence-corrected chi connectivity index (χ4v) is 3.30. The number of amides is 2. The van der Waals surface area contributed by atoms with Gasteiger partial charge in [0.15, 0.2) is 0 Å². The Balaban J connectivity index is 1.75. The maximum Gasteiger partial charge on any atom is 0.322 e. The predicted molar refractivity (Wildman–Crippen MR) is 101 cm³/mol. The summed E-state index contributed by atoms with van der Waals surface area (Å²) >= 11 is 3.44. The summed E-state index contributed by atoms with van der Waals surface area (Å²) in [5.74, 6) is 0.640.